The molecule has 5 rings (SSSR count). The van der Waals surface area contributed by atoms with Crippen molar-refractivity contribution >= 4 is 42.4 Å². The smallest absolute Gasteiger partial charge is 0.415 e. The molecule has 1 amide bonds. The molecular weight excluding hydrogens is 487 g/mol. The lowest BCUT2D eigenvalue weighted by molar-refractivity contribution is 0.0148. The van der Waals surface area contributed by atoms with Gasteiger partial charge in [-0.25, -0.2) is 18.3 Å². The Morgan fingerprint density at radius 1 is 1.12 bits per heavy atom. The SMILES string of the molecule is Cl.Cl.O=C1OC2(CCC(CNc3ccn(-c4ccccc4F)n3)CC2)CN1c1cncc(F)c1. The summed E-state index contributed by atoms with van der Waals surface area (Å²) in [6.45, 7) is 1.14. The van der Waals surface area contributed by atoms with Crippen LogP contribution in [0.1, 0.15) is 25.7 Å². The van der Waals surface area contributed by atoms with Crippen LogP contribution >= 0.6 is 24.8 Å². The van der Waals surface area contributed by atoms with E-state index < -0.39 is 17.5 Å². The average molecular weight is 512 g/mol. The molecule has 0 radical (unpaired) electrons. The lowest BCUT2D eigenvalue weighted by atomic mass is 9.78. The van der Waals surface area contributed by atoms with Gasteiger partial charge < -0.3 is 10.1 Å². The molecule has 0 atom stereocenters. The fourth-order valence-electron chi connectivity index (χ4n) is 4.48. The molecule has 2 aliphatic rings. The lowest BCUT2D eigenvalue weighted by Crippen LogP contribution is -2.39. The minimum Gasteiger partial charge on any atom is -0.441 e. The van der Waals surface area contributed by atoms with E-state index in [-0.39, 0.29) is 30.6 Å². The normalized spacial score (nSPS) is 21.5. The Balaban J connectivity index is 0.00000162. The summed E-state index contributed by atoms with van der Waals surface area (Å²) in [6.07, 6.45) is 7.13. The highest BCUT2D eigenvalue weighted by atomic mass is 35.5. The molecule has 0 bridgehead atoms. The van der Waals surface area contributed by atoms with E-state index in [4.69, 9.17) is 4.74 Å². The molecule has 11 heteroatoms. The highest BCUT2D eigenvalue weighted by molar-refractivity contribution is 5.90. The molecule has 1 saturated heterocycles. The molecule has 2 fully saturated rings. The first-order valence-corrected chi connectivity index (χ1v) is 10.7. The molecule has 34 heavy (non-hydrogen) atoms. The van der Waals surface area contributed by atoms with Crippen molar-refractivity contribution in [3.05, 3.63) is 66.6 Å². The number of benzene rings is 1. The zero-order chi connectivity index (χ0) is 22.1. The van der Waals surface area contributed by atoms with Crippen LogP contribution in [0.3, 0.4) is 0 Å². The summed E-state index contributed by atoms with van der Waals surface area (Å²) < 4.78 is 34.7. The van der Waals surface area contributed by atoms with Crippen LogP contribution in [0.2, 0.25) is 0 Å². The molecule has 182 valence electrons. The number of anilines is 2. The minimum absolute atomic E-state index is 0. The van der Waals surface area contributed by atoms with E-state index in [1.165, 1.54) is 27.9 Å². The standard InChI is InChI=1S/C23H23F2N5O2.2ClH/c24-17-11-18(14-26-13-17)29-15-23(32-22(29)31)8-5-16(6-9-23)12-27-21-7-10-30(28-21)20-4-2-1-3-19(20)25;;/h1-4,7,10-11,13-14,16H,5-6,8-9,12,15H2,(H,27,28);2*1H. The van der Waals surface area contributed by atoms with Crippen LogP contribution in [0.25, 0.3) is 5.69 Å². The van der Waals surface area contributed by atoms with Gasteiger partial charge in [-0.3, -0.25) is 9.88 Å². The molecular formula is C23H25Cl2F2N5O2. The maximum absolute atomic E-state index is 13.9. The van der Waals surface area contributed by atoms with E-state index in [1.807, 2.05) is 6.07 Å². The van der Waals surface area contributed by atoms with Gasteiger partial charge in [-0.2, -0.15) is 5.10 Å². The predicted molar refractivity (Wildman–Crippen MR) is 129 cm³/mol. The quantitative estimate of drug-likeness (QED) is 0.497. The molecule has 2 aromatic heterocycles. The van der Waals surface area contributed by atoms with Crippen molar-refractivity contribution in [2.24, 2.45) is 5.92 Å². The summed E-state index contributed by atoms with van der Waals surface area (Å²) >= 11 is 0. The van der Waals surface area contributed by atoms with E-state index in [9.17, 15) is 13.6 Å². The minimum atomic E-state index is -0.535. The lowest BCUT2D eigenvalue weighted by Gasteiger charge is -2.35. The van der Waals surface area contributed by atoms with Gasteiger partial charge in [0.2, 0.25) is 0 Å². The zero-order valence-electron chi connectivity index (χ0n) is 18.2. The van der Waals surface area contributed by atoms with Gasteiger partial charge in [0.15, 0.2) is 0 Å². The summed E-state index contributed by atoms with van der Waals surface area (Å²) in [6, 6.07) is 9.62. The third kappa shape index (κ3) is 5.26. The van der Waals surface area contributed by atoms with E-state index >= 15 is 0 Å². The first kappa shape index (κ1) is 25.7. The van der Waals surface area contributed by atoms with Gasteiger partial charge in [0.05, 0.1) is 24.6 Å². The van der Waals surface area contributed by atoms with Crippen molar-refractivity contribution in [3.63, 3.8) is 0 Å². The Morgan fingerprint density at radius 2 is 1.88 bits per heavy atom. The molecule has 3 heterocycles. The van der Waals surface area contributed by atoms with Crippen molar-refractivity contribution in [2.75, 3.05) is 23.3 Å². The highest BCUT2D eigenvalue weighted by Crippen LogP contribution is 2.40. The fraction of sp³-hybridized carbons (Fsp3) is 0.348. The van der Waals surface area contributed by atoms with Gasteiger partial charge in [-0.05, 0) is 43.7 Å². The third-order valence-electron chi connectivity index (χ3n) is 6.25. The summed E-state index contributed by atoms with van der Waals surface area (Å²) in [7, 11) is 0. The van der Waals surface area contributed by atoms with Gasteiger partial charge >= 0.3 is 6.09 Å². The number of ether oxygens (including phenoxy) is 1. The number of hydrogen-bond donors (Lipinski definition) is 1. The number of amides is 1. The zero-order valence-corrected chi connectivity index (χ0v) is 19.8. The largest absolute Gasteiger partial charge is 0.441 e. The monoisotopic (exact) mass is 511 g/mol. The number of nitrogens with one attached hydrogen (secondary N) is 1. The summed E-state index contributed by atoms with van der Waals surface area (Å²) in [5.41, 5.74) is 0.286. The fourth-order valence-corrected chi connectivity index (χ4v) is 4.48. The molecule has 0 unspecified atom stereocenters. The molecule has 1 aromatic carbocycles. The number of rotatable bonds is 5. The number of aromatic nitrogens is 3. The Hall–Kier alpha value is -2.91. The number of halogens is 4. The Bertz CT molecular complexity index is 1140. The number of carbonyl (C=O) groups is 1. The maximum Gasteiger partial charge on any atom is 0.415 e. The van der Waals surface area contributed by atoms with Crippen molar-refractivity contribution in [1.82, 2.24) is 14.8 Å². The van der Waals surface area contributed by atoms with E-state index in [0.717, 1.165) is 38.4 Å². The van der Waals surface area contributed by atoms with E-state index in [0.29, 0.717) is 29.7 Å². The number of nitrogens with zero attached hydrogens (tertiary/aromatic N) is 4. The second kappa shape index (κ2) is 10.6. The van der Waals surface area contributed by atoms with Crippen molar-refractivity contribution in [1.29, 1.82) is 0 Å². The van der Waals surface area contributed by atoms with Gasteiger partial charge in [0.25, 0.3) is 0 Å². The van der Waals surface area contributed by atoms with Gasteiger partial charge in [0.1, 0.15) is 28.7 Å². The number of para-hydroxylation sites is 1. The van der Waals surface area contributed by atoms with E-state index in [1.54, 1.807) is 24.4 Å². The summed E-state index contributed by atoms with van der Waals surface area (Å²) in [5.74, 6) is 0.283. The number of carbonyl (C=O) groups excluding carboxylic acids is 1. The Morgan fingerprint density at radius 3 is 2.62 bits per heavy atom. The second-order valence-corrected chi connectivity index (χ2v) is 8.42. The van der Waals surface area contributed by atoms with Crippen molar-refractivity contribution < 1.29 is 18.3 Å². The van der Waals surface area contributed by atoms with Crippen LogP contribution in [0.15, 0.2) is 55.0 Å². The highest BCUT2D eigenvalue weighted by Gasteiger charge is 2.47. The van der Waals surface area contributed by atoms with Crippen LogP contribution in [0.4, 0.5) is 25.1 Å². The molecule has 3 aromatic rings. The Labute approximate surface area is 208 Å². The molecule has 1 aliphatic heterocycles. The molecule has 1 spiro atoms. The van der Waals surface area contributed by atoms with Gasteiger partial charge in [-0.1, -0.05) is 12.1 Å². The Kier molecular flexibility index (Phi) is 7.99. The first-order chi connectivity index (χ1) is 15.5. The van der Waals surface area contributed by atoms with Gasteiger partial charge in [-0.15, -0.1) is 24.8 Å². The molecule has 7 nitrogen and oxygen atoms in total. The van der Waals surface area contributed by atoms with Crippen LogP contribution in [-0.4, -0.2) is 39.5 Å². The molecule has 1 N–H and O–H groups in total. The summed E-state index contributed by atoms with van der Waals surface area (Å²) in [5, 5.41) is 7.74. The summed E-state index contributed by atoms with van der Waals surface area (Å²) in [4.78, 5) is 17.7. The van der Waals surface area contributed by atoms with Crippen LogP contribution in [0, 0.1) is 17.6 Å². The topological polar surface area (TPSA) is 72.3 Å². The van der Waals surface area contributed by atoms with Gasteiger partial charge in [0, 0.05) is 24.9 Å². The number of pyridine rings is 1. The molecule has 1 saturated carbocycles. The first-order valence-electron chi connectivity index (χ1n) is 10.7. The molecule has 1 aliphatic carbocycles. The predicted octanol–water partition coefficient (Wildman–Crippen LogP) is 5.39. The third-order valence-corrected chi connectivity index (χ3v) is 6.25. The second-order valence-electron chi connectivity index (χ2n) is 8.42. The van der Waals surface area contributed by atoms with Crippen LogP contribution in [0.5, 0.6) is 0 Å². The number of hydrogen-bond acceptors (Lipinski definition) is 5. The van der Waals surface area contributed by atoms with E-state index in [2.05, 4.69) is 15.4 Å². The van der Waals surface area contributed by atoms with Crippen molar-refractivity contribution in [3.8, 4) is 5.69 Å². The van der Waals surface area contributed by atoms with Crippen LogP contribution in [-0.2, 0) is 4.74 Å². The van der Waals surface area contributed by atoms with Crippen molar-refractivity contribution in [2.45, 2.75) is 31.3 Å². The van der Waals surface area contributed by atoms with Crippen LogP contribution < -0.4 is 10.2 Å². The average Bonchev–Trinajstić information content (AvgIpc) is 3.38. The maximum atomic E-state index is 13.9.